The van der Waals surface area contributed by atoms with Gasteiger partial charge in [0.15, 0.2) is 0 Å². The zero-order valence-electron chi connectivity index (χ0n) is 13.4. The number of hydrogen-bond donors (Lipinski definition) is 2. The lowest BCUT2D eigenvalue weighted by Gasteiger charge is -2.09. The minimum absolute atomic E-state index is 0.175. The maximum absolute atomic E-state index is 12.2. The third-order valence-electron chi connectivity index (χ3n) is 3.25. The molecule has 0 aliphatic heterocycles. The Morgan fingerprint density at radius 2 is 1.91 bits per heavy atom. The number of aromatic nitrogens is 2. The monoisotopic (exact) mass is 332 g/mol. The van der Waals surface area contributed by atoms with Crippen LogP contribution in [0.2, 0.25) is 5.02 Å². The Kier molecular flexibility index (Phi) is 6.35. The molecule has 6 heteroatoms. The maximum Gasteiger partial charge on any atom is 0.270 e. The molecule has 2 aromatic rings. The van der Waals surface area contributed by atoms with E-state index < -0.39 is 0 Å². The molecule has 0 unspecified atom stereocenters. The van der Waals surface area contributed by atoms with E-state index >= 15 is 0 Å². The summed E-state index contributed by atoms with van der Waals surface area (Å²) < 4.78 is 0. The first kappa shape index (κ1) is 17.2. The zero-order valence-corrected chi connectivity index (χ0v) is 14.2. The topological polar surface area (TPSA) is 66.9 Å². The lowest BCUT2D eigenvalue weighted by atomic mass is 10.2. The molecule has 122 valence electrons. The van der Waals surface area contributed by atoms with E-state index in [0.29, 0.717) is 23.2 Å². The van der Waals surface area contributed by atoms with Gasteiger partial charge in [-0.15, -0.1) is 0 Å². The summed E-state index contributed by atoms with van der Waals surface area (Å²) in [6, 6.07) is 8.90. The van der Waals surface area contributed by atoms with Crippen LogP contribution in [0, 0.1) is 6.92 Å². The van der Waals surface area contributed by atoms with Gasteiger partial charge < -0.3 is 10.6 Å². The summed E-state index contributed by atoms with van der Waals surface area (Å²) in [6.45, 7) is 4.63. The van der Waals surface area contributed by atoms with E-state index in [4.69, 9.17) is 11.6 Å². The van der Waals surface area contributed by atoms with Crippen molar-refractivity contribution in [1.29, 1.82) is 0 Å². The smallest absolute Gasteiger partial charge is 0.270 e. The summed E-state index contributed by atoms with van der Waals surface area (Å²) in [5, 5.41) is 6.63. The molecule has 5 nitrogen and oxygen atoms in total. The number of unbranched alkanes of at least 4 members (excludes halogenated alkanes) is 2. The van der Waals surface area contributed by atoms with Crippen molar-refractivity contribution < 1.29 is 4.79 Å². The predicted molar refractivity (Wildman–Crippen MR) is 93.4 cm³/mol. The van der Waals surface area contributed by atoms with E-state index in [1.165, 1.54) is 0 Å². The number of anilines is 2. The fourth-order valence-corrected chi connectivity index (χ4v) is 2.20. The van der Waals surface area contributed by atoms with Crippen molar-refractivity contribution in [3.8, 4) is 0 Å². The molecule has 0 atom stereocenters. The summed E-state index contributed by atoms with van der Waals surface area (Å²) in [5.41, 5.74) is 1.91. The molecule has 0 saturated heterocycles. The van der Waals surface area contributed by atoms with Crippen LogP contribution < -0.4 is 10.6 Å². The summed E-state index contributed by atoms with van der Waals surface area (Å²) >= 11 is 5.87. The molecule has 0 aliphatic rings. The van der Waals surface area contributed by atoms with Crippen molar-refractivity contribution in [2.75, 3.05) is 11.9 Å². The Labute approximate surface area is 141 Å². The molecule has 0 spiro atoms. The Morgan fingerprint density at radius 1 is 1.17 bits per heavy atom. The van der Waals surface area contributed by atoms with Crippen LogP contribution in [0.15, 0.2) is 30.3 Å². The molecule has 0 radical (unpaired) electrons. The minimum Gasteiger partial charge on any atom is -0.351 e. The van der Waals surface area contributed by atoms with Crippen LogP contribution >= 0.6 is 11.6 Å². The molecule has 1 aromatic carbocycles. The number of benzene rings is 1. The van der Waals surface area contributed by atoms with Gasteiger partial charge in [0.25, 0.3) is 5.91 Å². The van der Waals surface area contributed by atoms with Gasteiger partial charge in [-0.1, -0.05) is 31.4 Å². The first-order valence-electron chi connectivity index (χ1n) is 7.75. The Hall–Kier alpha value is -2.14. The second kappa shape index (κ2) is 8.48. The number of carbonyl (C=O) groups excluding carboxylic acids is 1. The summed E-state index contributed by atoms with van der Waals surface area (Å²) in [4.78, 5) is 20.8. The number of rotatable bonds is 7. The first-order chi connectivity index (χ1) is 11.1. The molecule has 1 heterocycles. The van der Waals surface area contributed by atoms with Crippen molar-refractivity contribution in [1.82, 2.24) is 15.3 Å². The predicted octanol–water partition coefficient (Wildman–Crippen LogP) is 4.10. The molecule has 0 aliphatic carbocycles. The fraction of sp³-hybridized carbons (Fsp3) is 0.353. The van der Waals surface area contributed by atoms with E-state index in [1.807, 2.05) is 19.1 Å². The zero-order chi connectivity index (χ0) is 16.7. The number of nitrogens with zero attached hydrogens (tertiary/aromatic N) is 2. The van der Waals surface area contributed by atoms with Gasteiger partial charge in [0, 0.05) is 22.9 Å². The van der Waals surface area contributed by atoms with Gasteiger partial charge in [-0.2, -0.15) is 0 Å². The molecular weight excluding hydrogens is 312 g/mol. The van der Waals surface area contributed by atoms with Crippen molar-refractivity contribution in [2.24, 2.45) is 0 Å². The van der Waals surface area contributed by atoms with Gasteiger partial charge >= 0.3 is 0 Å². The molecule has 1 aromatic heterocycles. The van der Waals surface area contributed by atoms with Gasteiger partial charge in [-0.3, -0.25) is 4.79 Å². The highest BCUT2D eigenvalue weighted by molar-refractivity contribution is 6.30. The van der Waals surface area contributed by atoms with Crippen LogP contribution in [0.4, 0.5) is 11.6 Å². The second-order valence-corrected chi connectivity index (χ2v) is 5.75. The third-order valence-corrected chi connectivity index (χ3v) is 3.51. The second-order valence-electron chi connectivity index (χ2n) is 5.31. The van der Waals surface area contributed by atoms with Crippen LogP contribution in [0.3, 0.4) is 0 Å². The van der Waals surface area contributed by atoms with Crippen LogP contribution in [0.5, 0.6) is 0 Å². The number of carbonyl (C=O) groups is 1. The van der Waals surface area contributed by atoms with Gasteiger partial charge in [0.05, 0.1) is 0 Å². The van der Waals surface area contributed by atoms with E-state index in [1.54, 1.807) is 18.2 Å². The van der Waals surface area contributed by atoms with Crippen LogP contribution in [-0.2, 0) is 0 Å². The average molecular weight is 333 g/mol. The molecule has 1 amide bonds. The largest absolute Gasteiger partial charge is 0.351 e. The molecule has 23 heavy (non-hydrogen) atoms. The number of aryl methyl sites for hydroxylation is 1. The molecule has 2 N–H and O–H groups in total. The highest BCUT2D eigenvalue weighted by Gasteiger charge is 2.10. The standard InChI is InChI=1S/C17H21ClN4O/c1-3-4-5-10-19-16(23)15-11-12(2)20-17(22-15)21-14-8-6-13(18)7-9-14/h6-9,11H,3-5,10H2,1-2H3,(H,19,23)(H,20,21,22). The van der Waals surface area contributed by atoms with Crippen LogP contribution in [0.1, 0.15) is 42.4 Å². The SMILES string of the molecule is CCCCCNC(=O)c1cc(C)nc(Nc2ccc(Cl)cc2)n1. The van der Waals surface area contributed by atoms with Gasteiger partial charge in [0.2, 0.25) is 5.95 Å². The van der Waals surface area contributed by atoms with E-state index in [9.17, 15) is 4.79 Å². The van der Waals surface area contributed by atoms with E-state index in [0.717, 1.165) is 30.6 Å². The molecule has 0 bridgehead atoms. The average Bonchev–Trinajstić information content (AvgIpc) is 2.53. The molecule has 2 rings (SSSR count). The Morgan fingerprint density at radius 3 is 2.61 bits per heavy atom. The normalized spacial score (nSPS) is 10.4. The van der Waals surface area contributed by atoms with Crippen molar-refractivity contribution in [3.63, 3.8) is 0 Å². The quantitative estimate of drug-likeness (QED) is 0.749. The van der Waals surface area contributed by atoms with Gasteiger partial charge in [0.1, 0.15) is 5.69 Å². The maximum atomic E-state index is 12.2. The lowest BCUT2D eigenvalue weighted by Crippen LogP contribution is -2.25. The lowest BCUT2D eigenvalue weighted by molar-refractivity contribution is 0.0948. The fourth-order valence-electron chi connectivity index (χ4n) is 2.07. The summed E-state index contributed by atoms with van der Waals surface area (Å²) in [6.07, 6.45) is 3.20. The van der Waals surface area contributed by atoms with Crippen molar-refractivity contribution in [2.45, 2.75) is 33.1 Å². The number of halogens is 1. The van der Waals surface area contributed by atoms with Gasteiger partial charge in [-0.25, -0.2) is 9.97 Å². The van der Waals surface area contributed by atoms with Crippen molar-refractivity contribution in [3.05, 3.63) is 46.7 Å². The number of nitrogens with one attached hydrogen (secondary N) is 2. The molecule has 0 saturated carbocycles. The molecule has 0 fully saturated rings. The summed E-state index contributed by atoms with van der Waals surface area (Å²) in [7, 11) is 0. The van der Waals surface area contributed by atoms with Crippen molar-refractivity contribution >= 4 is 29.1 Å². The number of hydrogen-bond acceptors (Lipinski definition) is 4. The van der Waals surface area contributed by atoms with Crippen LogP contribution in [-0.4, -0.2) is 22.4 Å². The van der Waals surface area contributed by atoms with E-state index in [-0.39, 0.29) is 5.91 Å². The summed E-state index contributed by atoms with van der Waals surface area (Å²) in [5.74, 6) is 0.219. The third kappa shape index (κ3) is 5.53. The Balaban J connectivity index is 2.05. The highest BCUT2D eigenvalue weighted by atomic mass is 35.5. The molecular formula is C17H21ClN4O. The first-order valence-corrected chi connectivity index (χ1v) is 8.12. The van der Waals surface area contributed by atoms with E-state index in [2.05, 4.69) is 27.5 Å². The highest BCUT2D eigenvalue weighted by Crippen LogP contribution is 2.17. The van der Waals surface area contributed by atoms with Gasteiger partial charge in [-0.05, 0) is 43.7 Å². The number of amides is 1. The minimum atomic E-state index is -0.175. The van der Waals surface area contributed by atoms with Crippen LogP contribution in [0.25, 0.3) is 0 Å². The Bertz CT molecular complexity index is 658.